The lowest BCUT2D eigenvalue weighted by Gasteiger charge is -2.22. The van der Waals surface area contributed by atoms with Crippen molar-refractivity contribution in [1.29, 1.82) is 0 Å². The molecule has 1 atom stereocenters. The lowest BCUT2D eigenvalue weighted by molar-refractivity contribution is 0.199. The van der Waals surface area contributed by atoms with Gasteiger partial charge in [-0.15, -0.1) is 0 Å². The monoisotopic (exact) mass is 432 g/mol. The average Bonchev–Trinajstić information content (AvgIpc) is 3.17. The molecule has 2 aromatic carbocycles. The number of benzene rings is 2. The molecule has 3 rings (SSSR count). The third kappa shape index (κ3) is 4.95. The van der Waals surface area contributed by atoms with Gasteiger partial charge in [0.1, 0.15) is 0 Å². The molecule has 30 heavy (non-hydrogen) atoms. The summed E-state index contributed by atoms with van der Waals surface area (Å²) in [5.74, 6) is 0.927. The maximum Gasteiger partial charge on any atom is 0.211 e. The van der Waals surface area contributed by atoms with Crippen LogP contribution < -0.4 is 14.2 Å². The van der Waals surface area contributed by atoms with Crippen LogP contribution in [0.3, 0.4) is 0 Å². The Morgan fingerprint density at radius 3 is 2.53 bits per heavy atom. The van der Waals surface area contributed by atoms with Crippen LogP contribution >= 0.6 is 0 Å². The molecular formula is C22H28N2O5S. The topological polar surface area (TPSA) is 89.7 Å². The summed E-state index contributed by atoms with van der Waals surface area (Å²) in [6.45, 7) is 0.594. The summed E-state index contributed by atoms with van der Waals surface area (Å²) >= 11 is 0. The minimum Gasteiger partial charge on any atom is -0.493 e. The van der Waals surface area contributed by atoms with Crippen molar-refractivity contribution in [2.24, 2.45) is 0 Å². The van der Waals surface area contributed by atoms with Gasteiger partial charge in [-0.05, 0) is 24.1 Å². The van der Waals surface area contributed by atoms with Crippen molar-refractivity contribution in [3.8, 4) is 11.5 Å². The van der Waals surface area contributed by atoms with Gasteiger partial charge in [0.25, 0.3) is 0 Å². The van der Waals surface area contributed by atoms with Crippen LogP contribution in [-0.4, -0.2) is 53.6 Å². The molecule has 0 fully saturated rings. The van der Waals surface area contributed by atoms with E-state index in [0.29, 0.717) is 24.5 Å². The highest BCUT2D eigenvalue weighted by Gasteiger charge is 2.25. The van der Waals surface area contributed by atoms with E-state index in [1.54, 1.807) is 21.3 Å². The fraction of sp³-hybridized carbons (Fsp3) is 0.364. The standard InChI is InChI=1S/C22H28N2O5S/c1-27-12-7-13-30(25,26)24-15-19(17-9-6-11-21(28-2)22(17)29-3)18-14-23-20-10-5-4-8-16(18)20/h4-6,8-11,14,19,23-24H,7,12-13,15H2,1-3H3. The molecule has 0 bridgehead atoms. The molecule has 0 spiro atoms. The average molecular weight is 433 g/mol. The molecule has 2 N–H and O–H groups in total. The third-order valence-corrected chi connectivity index (χ3v) is 6.51. The quantitative estimate of drug-likeness (QED) is 0.454. The first-order valence-electron chi connectivity index (χ1n) is 9.74. The van der Waals surface area contributed by atoms with E-state index in [1.807, 2.05) is 48.7 Å². The highest BCUT2D eigenvalue weighted by molar-refractivity contribution is 7.89. The number of rotatable bonds is 11. The Balaban J connectivity index is 2.00. The fourth-order valence-corrected chi connectivity index (χ4v) is 4.69. The van der Waals surface area contributed by atoms with E-state index in [9.17, 15) is 8.42 Å². The summed E-state index contributed by atoms with van der Waals surface area (Å²) in [6.07, 6.45) is 2.36. The zero-order valence-corrected chi connectivity index (χ0v) is 18.3. The van der Waals surface area contributed by atoms with Crippen molar-refractivity contribution in [3.63, 3.8) is 0 Å². The molecule has 0 aliphatic rings. The molecule has 0 saturated carbocycles. The van der Waals surface area contributed by atoms with E-state index < -0.39 is 10.0 Å². The maximum absolute atomic E-state index is 12.5. The van der Waals surface area contributed by atoms with E-state index >= 15 is 0 Å². The minimum atomic E-state index is -3.45. The van der Waals surface area contributed by atoms with Crippen LogP contribution in [0.5, 0.6) is 11.5 Å². The van der Waals surface area contributed by atoms with Gasteiger partial charge in [0, 0.05) is 48.8 Å². The molecule has 162 valence electrons. The van der Waals surface area contributed by atoms with Crippen LogP contribution in [0.1, 0.15) is 23.5 Å². The number of H-pyrrole nitrogens is 1. The number of sulfonamides is 1. The Morgan fingerprint density at radius 2 is 1.80 bits per heavy atom. The largest absolute Gasteiger partial charge is 0.493 e. The van der Waals surface area contributed by atoms with Crippen molar-refractivity contribution < 1.29 is 22.6 Å². The van der Waals surface area contributed by atoms with Crippen LogP contribution in [0.25, 0.3) is 10.9 Å². The van der Waals surface area contributed by atoms with Crippen molar-refractivity contribution in [3.05, 3.63) is 59.8 Å². The van der Waals surface area contributed by atoms with Crippen LogP contribution in [-0.2, 0) is 14.8 Å². The van der Waals surface area contributed by atoms with Gasteiger partial charge in [-0.1, -0.05) is 30.3 Å². The second kappa shape index (κ2) is 9.97. The summed E-state index contributed by atoms with van der Waals surface area (Å²) in [5.41, 5.74) is 2.82. The number of hydrogen-bond donors (Lipinski definition) is 2. The van der Waals surface area contributed by atoms with Gasteiger partial charge in [0.05, 0.1) is 20.0 Å². The lowest BCUT2D eigenvalue weighted by atomic mass is 9.90. The second-order valence-electron chi connectivity index (χ2n) is 6.94. The number of nitrogens with one attached hydrogen (secondary N) is 2. The molecule has 8 heteroatoms. The maximum atomic E-state index is 12.5. The van der Waals surface area contributed by atoms with Crippen molar-refractivity contribution in [2.75, 3.05) is 40.2 Å². The lowest BCUT2D eigenvalue weighted by Crippen LogP contribution is -2.31. The molecule has 0 saturated heterocycles. The molecule has 0 aliphatic heterocycles. The number of para-hydroxylation sites is 2. The zero-order valence-electron chi connectivity index (χ0n) is 17.5. The van der Waals surface area contributed by atoms with Gasteiger partial charge in [-0.2, -0.15) is 0 Å². The van der Waals surface area contributed by atoms with Gasteiger partial charge in [0.2, 0.25) is 10.0 Å². The normalized spacial score (nSPS) is 12.8. The van der Waals surface area contributed by atoms with Crippen molar-refractivity contribution in [1.82, 2.24) is 9.71 Å². The summed E-state index contributed by atoms with van der Waals surface area (Å²) in [5, 5.41) is 1.03. The molecule has 3 aromatic rings. The van der Waals surface area contributed by atoms with E-state index in [0.717, 1.165) is 22.0 Å². The highest BCUT2D eigenvalue weighted by Crippen LogP contribution is 2.40. The number of methoxy groups -OCH3 is 3. The Labute approximate surface area is 177 Å². The summed E-state index contributed by atoms with van der Waals surface area (Å²) in [7, 11) is 1.28. The number of ether oxygens (including phenoxy) is 3. The van der Waals surface area contributed by atoms with Gasteiger partial charge >= 0.3 is 0 Å². The van der Waals surface area contributed by atoms with Crippen LogP contribution in [0.2, 0.25) is 0 Å². The number of aromatic amines is 1. The predicted molar refractivity (Wildman–Crippen MR) is 118 cm³/mol. The van der Waals surface area contributed by atoms with Crippen LogP contribution in [0, 0.1) is 0 Å². The van der Waals surface area contributed by atoms with Gasteiger partial charge in [-0.3, -0.25) is 0 Å². The Morgan fingerprint density at radius 1 is 1.00 bits per heavy atom. The second-order valence-corrected chi connectivity index (χ2v) is 8.87. The molecule has 0 amide bonds. The smallest absolute Gasteiger partial charge is 0.211 e. The summed E-state index contributed by atoms with van der Waals surface area (Å²) in [6, 6.07) is 13.6. The SMILES string of the molecule is COCCCS(=O)(=O)NCC(c1cccc(OC)c1OC)c1c[nH]c2ccccc12. The zero-order chi connectivity index (χ0) is 21.6. The van der Waals surface area contributed by atoms with E-state index in [2.05, 4.69) is 9.71 Å². The van der Waals surface area contributed by atoms with Crippen molar-refractivity contribution >= 4 is 20.9 Å². The van der Waals surface area contributed by atoms with Crippen LogP contribution in [0.4, 0.5) is 0 Å². The molecule has 1 heterocycles. The molecule has 1 unspecified atom stereocenters. The predicted octanol–water partition coefficient (Wildman–Crippen LogP) is 3.27. The van der Waals surface area contributed by atoms with Gasteiger partial charge < -0.3 is 19.2 Å². The third-order valence-electron chi connectivity index (χ3n) is 5.07. The van der Waals surface area contributed by atoms with E-state index in [1.165, 1.54) is 0 Å². The number of hydrogen-bond acceptors (Lipinski definition) is 5. The van der Waals surface area contributed by atoms with Crippen LogP contribution in [0.15, 0.2) is 48.7 Å². The fourth-order valence-electron chi connectivity index (χ4n) is 3.63. The Kier molecular flexibility index (Phi) is 7.36. The minimum absolute atomic E-state index is 0.0106. The molecule has 7 nitrogen and oxygen atoms in total. The molecule has 1 aromatic heterocycles. The summed E-state index contributed by atoms with van der Waals surface area (Å²) < 4.78 is 43.9. The number of fused-ring (bicyclic) bond motifs is 1. The first-order valence-corrected chi connectivity index (χ1v) is 11.4. The first-order chi connectivity index (χ1) is 14.5. The number of aromatic nitrogens is 1. The van der Waals surface area contributed by atoms with Gasteiger partial charge in [0.15, 0.2) is 11.5 Å². The molecule has 0 aliphatic carbocycles. The molecule has 0 radical (unpaired) electrons. The highest BCUT2D eigenvalue weighted by atomic mass is 32.2. The van der Waals surface area contributed by atoms with Crippen molar-refractivity contribution in [2.45, 2.75) is 12.3 Å². The van der Waals surface area contributed by atoms with E-state index in [-0.39, 0.29) is 18.2 Å². The summed E-state index contributed by atoms with van der Waals surface area (Å²) in [4.78, 5) is 3.28. The first kappa shape index (κ1) is 22.1. The Hall–Kier alpha value is -2.55. The van der Waals surface area contributed by atoms with Gasteiger partial charge in [-0.25, -0.2) is 13.1 Å². The Bertz CT molecular complexity index is 1080. The van der Waals surface area contributed by atoms with E-state index in [4.69, 9.17) is 14.2 Å². The molecular weight excluding hydrogens is 404 g/mol.